The number of rotatable bonds is 8. The van der Waals surface area contributed by atoms with Crippen molar-refractivity contribution in [2.45, 2.75) is 25.9 Å². The lowest BCUT2D eigenvalue weighted by Gasteiger charge is -2.13. The highest BCUT2D eigenvalue weighted by molar-refractivity contribution is 6.32. The summed E-state index contributed by atoms with van der Waals surface area (Å²) in [5.74, 6) is 1.02. The summed E-state index contributed by atoms with van der Waals surface area (Å²) < 4.78 is 10.8. The van der Waals surface area contributed by atoms with Crippen molar-refractivity contribution in [1.82, 2.24) is 0 Å². The van der Waals surface area contributed by atoms with E-state index in [1.54, 1.807) is 12.1 Å². The van der Waals surface area contributed by atoms with Crippen LogP contribution in [0.4, 0.5) is 0 Å². The van der Waals surface area contributed by atoms with Gasteiger partial charge in [0.1, 0.15) is 0 Å². The molecule has 0 amide bonds. The van der Waals surface area contributed by atoms with E-state index >= 15 is 0 Å². The van der Waals surface area contributed by atoms with Crippen LogP contribution in [0.15, 0.2) is 12.1 Å². The summed E-state index contributed by atoms with van der Waals surface area (Å²) in [4.78, 5) is 0. The van der Waals surface area contributed by atoms with Gasteiger partial charge in [0.25, 0.3) is 0 Å². The summed E-state index contributed by atoms with van der Waals surface area (Å²) >= 11 is 6.08. The first-order chi connectivity index (χ1) is 8.72. The predicted molar refractivity (Wildman–Crippen MR) is 70.4 cm³/mol. The van der Waals surface area contributed by atoms with Gasteiger partial charge < -0.3 is 19.7 Å². The number of benzene rings is 1. The molecule has 0 aliphatic rings. The molecule has 2 N–H and O–H groups in total. The van der Waals surface area contributed by atoms with Gasteiger partial charge in [-0.2, -0.15) is 0 Å². The van der Waals surface area contributed by atoms with Crippen LogP contribution in [0.5, 0.6) is 11.5 Å². The molecular weight excluding hydrogens is 256 g/mol. The fourth-order valence-corrected chi connectivity index (χ4v) is 1.86. The molecule has 0 saturated carbocycles. The van der Waals surface area contributed by atoms with Crippen LogP contribution in [0.25, 0.3) is 0 Å². The van der Waals surface area contributed by atoms with E-state index in [1.807, 2.05) is 0 Å². The van der Waals surface area contributed by atoms with Crippen molar-refractivity contribution in [2.75, 3.05) is 20.3 Å². The number of unbranched alkanes of at least 4 members (excludes halogenated alkanes) is 2. The highest BCUT2D eigenvalue weighted by Gasteiger charge is 2.11. The van der Waals surface area contributed by atoms with Crippen molar-refractivity contribution in [2.24, 2.45) is 0 Å². The average Bonchev–Trinajstić information content (AvgIpc) is 2.39. The minimum Gasteiger partial charge on any atom is -0.493 e. The molecule has 0 aromatic heterocycles. The van der Waals surface area contributed by atoms with E-state index < -0.39 is 0 Å². The molecule has 0 atom stereocenters. The van der Waals surface area contributed by atoms with Crippen LogP contribution in [0.2, 0.25) is 5.02 Å². The molecule has 0 unspecified atom stereocenters. The first-order valence-electron chi connectivity index (χ1n) is 5.93. The summed E-state index contributed by atoms with van der Waals surface area (Å²) in [5, 5.41) is 18.2. The van der Waals surface area contributed by atoms with E-state index in [0.29, 0.717) is 28.7 Å². The van der Waals surface area contributed by atoms with E-state index in [1.165, 1.54) is 7.11 Å². The predicted octanol–water partition coefficient (Wildman–Crippen LogP) is 2.38. The molecule has 0 heterocycles. The van der Waals surface area contributed by atoms with Gasteiger partial charge in [0.05, 0.1) is 25.3 Å². The minimum absolute atomic E-state index is 0.0904. The lowest BCUT2D eigenvalue weighted by molar-refractivity contribution is 0.259. The Morgan fingerprint density at radius 1 is 1.17 bits per heavy atom. The maximum atomic E-state index is 9.07. The molecule has 0 aliphatic heterocycles. The molecule has 0 aliphatic carbocycles. The molecule has 1 rings (SSSR count). The summed E-state index contributed by atoms with van der Waals surface area (Å²) in [7, 11) is 1.53. The first-order valence-corrected chi connectivity index (χ1v) is 6.31. The molecule has 4 nitrogen and oxygen atoms in total. The van der Waals surface area contributed by atoms with Gasteiger partial charge in [-0.1, -0.05) is 11.6 Å². The Labute approximate surface area is 112 Å². The van der Waals surface area contributed by atoms with Crippen molar-refractivity contribution in [3.05, 3.63) is 22.7 Å². The highest BCUT2D eigenvalue weighted by atomic mass is 35.5. The molecule has 5 heteroatoms. The van der Waals surface area contributed by atoms with Crippen LogP contribution in [0.1, 0.15) is 24.8 Å². The van der Waals surface area contributed by atoms with Gasteiger partial charge in [-0.05, 0) is 37.0 Å². The van der Waals surface area contributed by atoms with Crippen LogP contribution in [0, 0.1) is 0 Å². The van der Waals surface area contributed by atoms with Crippen molar-refractivity contribution >= 4 is 11.6 Å². The van der Waals surface area contributed by atoms with Gasteiger partial charge in [0.15, 0.2) is 11.5 Å². The molecule has 102 valence electrons. The number of aliphatic hydroxyl groups is 2. The van der Waals surface area contributed by atoms with Crippen LogP contribution in [-0.4, -0.2) is 30.5 Å². The number of aliphatic hydroxyl groups excluding tert-OH is 2. The van der Waals surface area contributed by atoms with Gasteiger partial charge in [0, 0.05) is 6.61 Å². The SMILES string of the molecule is COc1cc(CO)cc(Cl)c1OCCCCCO. The third kappa shape index (κ3) is 4.37. The van der Waals surface area contributed by atoms with Crippen molar-refractivity contribution < 1.29 is 19.7 Å². The number of hydrogen-bond donors (Lipinski definition) is 2. The van der Waals surface area contributed by atoms with Crippen LogP contribution in [0.3, 0.4) is 0 Å². The molecule has 18 heavy (non-hydrogen) atoms. The Morgan fingerprint density at radius 3 is 2.56 bits per heavy atom. The largest absolute Gasteiger partial charge is 0.493 e. The van der Waals surface area contributed by atoms with E-state index in [4.69, 9.17) is 31.3 Å². The zero-order chi connectivity index (χ0) is 13.4. The fraction of sp³-hybridized carbons (Fsp3) is 0.538. The van der Waals surface area contributed by atoms with Crippen LogP contribution < -0.4 is 9.47 Å². The Hall–Kier alpha value is -0.970. The molecule has 0 radical (unpaired) electrons. The van der Waals surface area contributed by atoms with Gasteiger partial charge in [-0.3, -0.25) is 0 Å². The number of methoxy groups -OCH3 is 1. The summed E-state index contributed by atoms with van der Waals surface area (Å²) in [5.41, 5.74) is 0.685. The van der Waals surface area contributed by atoms with Gasteiger partial charge in [0.2, 0.25) is 0 Å². The lowest BCUT2D eigenvalue weighted by atomic mass is 10.2. The van der Waals surface area contributed by atoms with Crippen LogP contribution in [-0.2, 0) is 6.61 Å². The molecule has 1 aromatic carbocycles. The van der Waals surface area contributed by atoms with E-state index in [2.05, 4.69) is 0 Å². The normalized spacial score (nSPS) is 10.4. The molecule has 0 fully saturated rings. The molecule has 1 aromatic rings. The quantitative estimate of drug-likeness (QED) is 0.715. The second-order valence-electron chi connectivity index (χ2n) is 3.90. The van der Waals surface area contributed by atoms with E-state index in [0.717, 1.165) is 19.3 Å². The summed E-state index contributed by atoms with van der Waals surface area (Å²) in [6.45, 7) is 0.636. The minimum atomic E-state index is -0.0904. The third-order valence-electron chi connectivity index (χ3n) is 2.52. The summed E-state index contributed by atoms with van der Waals surface area (Å²) in [6.07, 6.45) is 2.53. The Balaban J connectivity index is 2.63. The Kier molecular flexibility index (Phi) is 6.86. The second-order valence-corrected chi connectivity index (χ2v) is 4.31. The number of halogens is 1. The first kappa shape index (κ1) is 15.1. The number of hydrogen-bond acceptors (Lipinski definition) is 4. The molecule has 0 saturated heterocycles. The van der Waals surface area contributed by atoms with Crippen LogP contribution >= 0.6 is 11.6 Å². The van der Waals surface area contributed by atoms with E-state index in [-0.39, 0.29) is 13.2 Å². The third-order valence-corrected chi connectivity index (χ3v) is 2.80. The molecule has 0 bridgehead atoms. The van der Waals surface area contributed by atoms with Crippen molar-refractivity contribution in [1.29, 1.82) is 0 Å². The maximum Gasteiger partial charge on any atom is 0.179 e. The zero-order valence-corrected chi connectivity index (χ0v) is 11.2. The fourth-order valence-electron chi connectivity index (χ4n) is 1.57. The molecule has 0 spiro atoms. The Bertz CT molecular complexity index is 368. The van der Waals surface area contributed by atoms with Gasteiger partial charge in [-0.25, -0.2) is 0 Å². The summed E-state index contributed by atoms with van der Waals surface area (Å²) in [6, 6.07) is 3.36. The highest BCUT2D eigenvalue weighted by Crippen LogP contribution is 2.36. The van der Waals surface area contributed by atoms with E-state index in [9.17, 15) is 0 Å². The number of ether oxygens (including phenoxy) is 2. The average molecular weight is 275 g/mol. The topological polar surface area (TPSA) is 58.9 Å². The maximum absolute atomic E-state index is 9.07. The van der Waals surface area contributed by atoms with Crippen molar-refractivity contribution in [3.8, 4) is 11.5 Å². The standard InChI is InChI=1S/C13H19ClO4/c1-17-12-8-10(9-16)7-11(14)13(12)18-6-4-2-3-5-15/h7-8,15-16H,2-6,9H2,1H3. The lowest BCUT2D eigenvalue weighted by Crippen LogP contribution is -2.01. The van der Waals surface area contributed by atoms with Gasteiger partial charge in [-0.15, -0.1) is 0 Å². The van der Waals surface area contributed by atoms with Gasteiger partial charge >= 0.3 is 0 Å². The zero-order valence-electron chi connectivity index (χ0n) is 10.5. The second kappa shape index (κ2) is 8.19. The monoisotopic (exact) mass is 274 g/mol. The van der Waals surface area contributed by atoms with Crippen molar-refractivity contribution in [3.63, 3.8) is 0 Å². The smallest absolute Gasteiger partial charge is 0.179 e. The molecular formula is C13H19ClO4. The Morgan fingerprint density at radius 2 is 1.94 bits per heavy atom.